The molecule has 254 valence electrons. The Morgan fingerprint density at radius 2 is 1.50 bits per heavy atom. The average molecular weight is 654 g/mol. The van der Waals surface area contributed by atoms with E-state index >= 15 is 0 Å². The van der Waals surface area contributed by atoms with Crippen molar-refractivity contribution in [3.05, 3.63) is 72.3 Å². The summed E-state index contributed by atoms with van der Waals surface area (Å²) in [7, 11) is -3.98. The third-order valence-electron chi connectivity index (χ3n) is 8.35. The molecule has 3 aromatic rings. The van der Waals surface area contributed by atoms with Crippen LogP contribution in [0, 0.1) is 5.92 Å². The largest absolute Gasteiger partial charge is 0.492 e. The first-order chi connectivity index (χ1) is 22.0. The van der Waals surface area contributed by atoms with Crippen LogP contribution >= 0.6 is 0 Å². The lowest BCUT2D eigenvalue weighted by atomic mass is 9.87. The molecule has 8 nitrogen and oxygen atoms in total. The normalized spacial score (nSPS) is 12.6. The lowest BCUT2D eigenvalue weighted by Crippen LogP contribution is -2.28. The highest BCUT2D eigenvalue weighted by molar-refractivity contribution is 7.89. The summed E-state index contributed by atoms with van der Waals surface area (Å²) in [6.45, 7) is 11.1. The summed E-state index contributed by atoms with van der Waals surface area (Å²) in [4.78, 5) is 17.4. The van der Waals surface area contributed by atoms with Crippen molar-refractivity contribution in [3.8, 4) is 11.5 Å². The van der Waals surface area contributed by atoms with Gasteiger partial charge >= 0.3 is 0 Å². The van der Waals surface area contributed by atoms with Gasteiger partial charge in [0.25, 0.3) is 5.91 Å². The zero-order chi connectivity index (χ0) is 33.4. The van der Waals surface area contributed by atoms with E-state index in [1.807, 2.05) is 24.3 Å². The molecule has 0 saturated heterocycles. The van der Waals surface area contributed by atoms with Crippen LogP contribution in [0.5, 0.6) is 11.5 Å². The van der Waals surface area contributed by atoms with Crippen LogP contribution in [0.15, 0.2) is 66.1 Å². The maximum Gasteiger partial charge on any atom is 0.266 e. The number of imidazole rings is 1. The van der Waals surface area contributed by atoms with Gasteiger partial charge in [0.2, 0.25) is 10.0 Å². The predicted molar refractivity (Wildman–Crippen MR) is 185 cm³/mol. The van der Waals surface area contributed by atoms with Crippen LogP contribution in [-0.4, -0.2) is 37.2 Å². The highest BCUT2D eigenvalue weighted by Gasteiger charge is 2.22. The van der Waals surface area contributed by atoms with Gasteiger partial charge < -0.3 is 9.47 Å². The molecule has 1 unspecified atom stereocenters. The number of hydrogen-bond acceptors (Lipinski definition) is 6. The Morgan fingerprint density at radius 3 is 2.11 bits per heavy atom. The molecule has 9 heteroatoms. The van der Waals surface area contributed by atoms with Crippen molar-refractivity contribution in [1.82, 2.24) is 14.3 Å². The second kappa shape index (κ2) is 18.8. The van der Waals surface area contributed by atoms with E-state index in [0.29, 0.717) is 24.0 Å². The molecule has 0 spiro atoms. The van der Waals surface area contributed by atoms with Crippen LogP contribution in [0.1, 0.15) is 128 Å². The van der Waals surface area contributed by atoms with Crippen molar-refractivity contribution >= 4 is 15.9 Å². The molecule has 0 saturated carbocycles. The monoisotopic (exact) mass is 653 g/mol. The van der Waals surface area contributed by atoms with Crippen LogP contribution in [-0.2, 0) is 15.4 Å². The smallest absolute Gasteiger partial charge is 0.266 e. The molecule has 0 aliphatic heterocycles. The highest BCUT2D eigenvalue weighted by Crippen LogP contribution is 2.27. The van der Waals surface area contributed by atoms with Gasteiger partial charge in [-0.1, -0.05) is 111 Å². The Morgan fingerprint density at radius 1 is 0.870 bits per heavy atom. The van der Waals surface area contributed by atoms with E-state index in [-0.39, 0.29) is 22.6 Å². The van der Waals surface area contributed by atoms with E-state index in [1.54, 1.807) is 12.3 Å². The van der Waals surface area contributed by atoms with Crippen LogP contribution in [0.3, 0.4) is 0 Å². The van der Waals surface area contributed by atoms with E-state index in [4.69, 9.17) is 9.47 Å². The molecule has 0 aliphatic carbocycles. The van der Waals surface area contributed by atoms with Crippen LogP contribution in [0.4, 0.5) is 0 Å². The summed E-state index contributed by atoms with van der Waals surface area (Å²) < 4.78 is 42.3. The van der Waals surface area contributed by atoms with Crippen LogP contribution in [0.2, 0.25) is 0 Å². The van der Waals surface area contributed by atoms with Crippen molar-refractivity contribution in [2.45, 2.75) is 122 Å². The molecule has 1 N–H and O–H groups in total. The van der Waals surface area contributed by atoms with E-state index < -0.39 is 15.9 Å². The third kappa shape index (κ3) is 12.2. The molecule has 3 rings (SSSR count). The predicted octanol–water partition coefficient (Wildman–Crippen LogP) is 8.90. The van der Waals surface area contributed by atoms with Gasteiger partial charge in [-0.05, 0) is 60.1 Å². The van der Waals surface area contributed by atoms with Gasteiger partial charge in [0.1, 0.15) is 17.8 Å². The van der Waals surface area contributed by atoms with Gasteiger partial charge in [-0.15, -0.1) is 0 Å². The molecule has 0 radical (unpaired) electrons. The molecule has 1 aromatic heterocycles. The topological polar surface area (TPSA) is 99.5 Å². The number of sulfonamides is 1. The summed E-state index contributed by atoms with van der Waals surface area (Å²) in [5.74, 6) is 0.893. The summed E-state index contributed by atoms with van der Waals surface area (Å²) in [6.07, 6.45) is 18.9. The first-order valence-corrected chi connectivity index (χ1v) is 18.6. The quantitative estimate of drug-likeness (QED) is 0.0911. The average Bonchev–Trinajstić information content (AvgIpc) is 3.58. The summed E-state index contributed by atoms with van der Waals surface area (Å²) >= 11 is 0. The molecule has 1 heterocycles. The molecular formula is C37H55N3O5S. The molecule has 0 aliphatic rings. The van der Waals surface area contributed by atoms with Crippen LogP contribution in [0.25, 0.3) is 0 Å². The first-order valence-electron chi connectivity index (χ1n) is 17.1. The van der Waals surface area contributed by atoms with E-state index in [9.17, 15) is 13.2 Å². The second-order valence-corrected chi connectivity index (χ2v) is 15.0. The number of hydrogen-bond donors (Lipinski definition) is 1. The number of benzene rings is 2. The minimum Gasteiger partial charge on any atom is -0.492 e. The fourth-order valence-electron chi connectivity index (χ4n) is 5.40. The Balaban J connectivity index is 1.71. The number of ether oxygens (including phenoxy) is 2. The zero-order valence-corrected chi connectivity index (χ0v) is 29.4. The lowest BCUT2D eigenvalue weighted by Gasteiger charge is -2.20. The Labute approximate surface area is 277 Å². The Hall–Kier alpha value is -3.17. The third-order valence-corrected chi connectivity index (χ3v) is 9.72. The fourth-order valence-corrected chi connectivity index (χ4v) is 6.31. The second-order valence-electron chi connectivity index (χ2n) is 13.2. The van der Waals surface area contributed by atoms with Gasteiger partial charge in [0.05, 0.1) is 17.1 Å². The minimum absolute atomic E-state index is 0.00524. The SMILES string of the molecule is CCCCCCCCC(CCCCCC)COc1ccc(S(=O)(=O)NCOc2ccc(C(C)(C)C)cc2)cc1C(=O)n1ccnc1. The standard InChI is InChI=1S/C37H55N3O5S/c1-6-8-10-12-13-15-17-30(16-14-11-9-7-2)27-44-35-23-22-33(26-34(35)36(41)40-25-24-38-28-40)46(42,43)39-29-45-32-20-18-31(19-21-32)37(3,4)5/h18-26,28,30,39H,6-17,27,29H2,1-5H3. The number of nitrogens with one attached hydrogen (secondary N) is 1. The number of nitrogens with zero attached hydrogens (tertiary/aromatic N) is 2. The highest BCUT2D eigenvalue weighted by atomic mass is 32.2. The lowest BCUT2D eigenvalue weighted by molar-refractivity contribution is 0.0954. The molecule has 2 aromatic carbocycles. The molecule has 46 heavy (non-hydrogen) atoms. The molecular weight excluding hydrogens is 598 g/mol. The van der Waals surface area contributed by atoms with E-state index in [0.717, 1.165) is 31.2 Å². The summed E-state index contributed by atoms with van der Waals surface area (Å²) in [6, 6.07) is 12.0. The molecule has 0 amide bonds. The van der Waals surface area contributed by atoms with Gasteiger partial charge in [-0.3, -0.25) is 9.36 Å². The van der Waals surface area contributed by atoms with E-state index in [1.165, 1.54) is 80.6 Å². The van der Waals surface area contributed by atoms with Gasteiger partial charge in [-0.25, -0.2) is 13.4 Å². The van der Waals surface area contributed by atoms with E-state index in [2.05, 4.69) is 44.3 Å². The molecule has 0 bridgehead atoms. The Bertz CT molecular complexity index is 1410. The van der Waals surface area contributed by atoms with Crippen LogP contribution < -0.4 is 14.2 Å². The number of carbonyl (C=O) groups is 1. The van der Waals surface area contributed by atoms with Crippen molar-refractivity contribution < 1.29 is 22.7 Å². The van der Waals surface area contributed by atoms with Crippen molar-refractivity contribution in [1.29, 1.82) is 0 Å². The summed E-state index contributed by atoms with van der Waals surface area (Å²) in [5.41, 5.74) is 1.33. The van der Waals surface area contributed by atoms with Gasteiger partial charge in [-0.2, -0.15) is 4.72 Å². The number of carbonyl (C=O) groups excluding carboxylic acids is 1. The maximum absolute atomic E-state index is 13.5. The zero-order valence-electron chi connectivity index (χ0n) is 28.6. The first kappa shape index (κ1) is 37.3. The van der Waals surface area contributed by atoms with Gasteiger partial charge in [0, 0.05) is 12.4 Å². The number of rotatable bonds is 21. The maximum atomic E-state index is 13.5. The molecule has 1 atom stereocenters. The van der Waals surface area contributed by atoms with Gasteiger partial charge in [0.15, 0.2) is 6.73 Å². The Kier molecular flexibility index (Phi) is 15.3. The van der Waals surface area contributed by atoms with Crippen molar-refractivity contribution in [3.63, 3.8) is 0 Å². The number of unbranched alkanes of at least 4 members (excludes halogenated alkanes) is 8. The minimum atomic E-state index is -3.98. The fraction of sp³-hybridized carbons (Fsp3) is 0.568. The van der Waals surface area contributed by atoms with Crippen molar-refractivity contribution in [2.24, 2.45) is 5.92 Å². The summed E-state index contributed by atoms with van der Waals surface area (Å²) in [5, 5.41) is 0. The van der Waals surface area contributed by atoms with Crippen molar-refractivity contribution in [2.75, 3.05) is 13.3 Å². The molecule has 0 fully saturated rings. The number of aromatic nitrogens is 2.